The van der Waals surface area contributed by atoms with Crippen LogP contribution in [0.15, 0.2) is 12.1 Å². The quantitative estimate of drug-likeness (QED) is 0.553. The van der Waals surface area contributed by atoms with E-state index in [-0.39, 0.29) is 0 Å². The predicted octanol–water partition coefficient (Wildman–Crippen LogP) is 7.21. The minimum Gasteiger partial charge on any atom is -0.0587 e. The molecule has 2 saturated carbocycles. The van der Waals surface area contributed by atoms with Crippen LogP contribution in [0.3, 0.4) is 0 Å². The van der Waals surface area contributed by atoms with Crippen LogP contribution in [-0.4, -0.2) is 0 Å². The maximum absolute atomic E-state index is 2.57. The molecule has 0 amide bonds. The highest BCUT2D eigenvalue weighted by atomic mass is 14.3. The maximum Gasteiger partial charge on any atom is -0.0159 e. The molecule has 3 rings (SSSR count). The third kappa shape index (κ3) is 3.42. The van der Waals surface area contributed by atoms with Crippen LogP contribution >= 0.6 is 0 Å². The second-order valence-electron chi connectivity index (χ2n) is 8.15. The molecule has 0 spiro atoms. The van der Waals surface area contributed by atoms with E-state index in [0.717, 1.165) is 11.8 Å². The third-order valence-corrected chi connectivity index (χ3v) is 6.27. The summed E-state index contributed by atoms with van der Waals surface area (Å²) in [5, 5.41) is 0. The van der Waals surface area contributed by atoms with Crippen LogP contribution in [0.2, 0.25) is 0 Å². The van der Waals surface area contributed by atoms with Crippen LogP contribution in [0.25, 0.3) is 0 Å². The number of benzene rings is 1. The van der Waals surface area contributed by atoms with E-state index in [1.807, 2.05) is 0 Å². The molecule has 0 unspecified atom stereocenters. The first-order valence-electron chi connectivity index (χ1n) is 9.81. The van der Waals surface area contributed by atoms with Crippen molar-refractivity contribution in [1.82, 2.24) is 0 Å². The summed E-state index contributed by atoms with van der Waals surface area (Å²) in [6, 6.07) is 5.14. The molecule has 0 nitrogen and oxygen atoms in total. The van der Waals surface area contributed by atoms with Gasteiger partial charge in [0.1, 0.15) is 0 Å². The molecule has 1 aromatic rings. The fourth-order valence-corrected chi connectivity index (χ4v) is 4.79. The number of rotatable bonds is 3. The first-order valence-corrected chi connectivity index (χ1v) is 9.81. The van der Waals surface area contributed by atoms with Crippen molar-refractivity contribution in [2.75, 3.05) is 0 Å². The van der Waals surface area contributed by atoms with Gasteiger partial charge >= 0.3 is 0 Å². The van der Waals surface area contributed by atoms with Gasteiger partial charge in [-0.2, -0.15) is 0 Å². The zero-order chi connectivity index (χ0) is 15.5. The Morgan fingerprint density at radius 2 is 1.14 bits per heavy atom. The second-order valence-corrected chi connectivity index (χ2v) is 8.15. The largest absolute Gasteiger partial charge is 0.0587 e. The summed E-state index contributed by atoms with van der Waals surface area (Å²) in [6.45, 7) is 7.15. The zero-order valence-corrected chi connectivity index (χ0v) is 15.0. The van der Waals surface area contributed by atoms with Crippen molar-refractivity contribution in [2.24, 2.45) is 0 Å². The first kappa shape index (κ1) is 16.1. The summed E-state index contributed by atoms with van der Waals surface area (Å²) in [5.74, 6) is 2.34. The average Bonchev–Trinajstić information content (AvgIpc) is 2.56. The van der Waals surface area contributed by atoms with Gasteiger partial charge in [-0.15, -0.1) is 0 Å². The molecule has 2 aliphatic carbocycles. The Labute approximate surface area is 137 Å². The molecule has 122 valence electrons. The Kier molecular flexibility index (Phi) is 5.26. The molecule has 1 aromatic carbocycles. The van der Waals surface area contributed by atoms with E-state index >= 15 is 0 Å². The summed E-state index contributed by atoms with van der Waals surface area (Å²) in [5.41, 5.74) is 6.67. The monoisotopic (exact) mass is 298 g/mol. The van der Waals surface area contributed by atoms with Crippen LogP contribution in [0, 0.1) is 6.92 Å². The van der Waals surface area contributed by atoms with E-state index in [9.17, 15) is 0 Å². The minimum absolute atomic E-state index is 0.658. The smallest absolute Gasteiger partial charge is 0.0159 e. The SMILES string of the molecule is Cc1c(C2CCCCC2)cc(C(C)C)cc1C1CCCCC1. The fraction of sp³-hybridized carbons (Fsp3) is 0.727. The molecule has 0 radical (unpaired) electrons. The molecule has 0 bridgehead atoms. The van der Waals surface area contributed by atoms with Gasteiger partial charge in [0, 0.05) is 0 Å². The summed E-state index contributed by atoms with van der Waals surface area (Å²) in [4.78, 5) is 0. The average molecular weight is 299 g/mol. The van der Waals surface area contributed by atoms with E-state index in [4.69, 9.17) is 0 Å². The third-order valence-electron chi connectivity index (χ3n) is 6.27. The molecular weight excluding hydrogens is 264 g/mol. The van der Waals surface area contributed by atoms with Gasteiger partial charge in [0.05, 0.1) is 0 Å². The summed E-state index contributed by atoms with van der Waals surface area (Å²) < 4.78 is 0. The maximum atomic E-state index is 2.57. The van der Waals surface area contributed by atoms with E-state index in [1.165, 1.54) is 64.2 Å². The summed E-state index contributed by atoms with van der Waals surface area (Å²) >= 11 is 0. The molecule has 2 fully saturated rings. The Balaban J connectivity index is 1.98. The van der Waals surface area contributed by atoms with Crippen molar-refractivity contribution in [3.8, 4) is 0 Å². The van der Waals surface area contributed by atoms with Crippen LogP contribution in [0.5, 0.6) is 0 Å². The molecule has 0 heterocycles. The van der Waals surface area contributed by atoms with Crippen molar-refractivity contribution >= 4 is 0 Å². The van der Waals surface area contributed by atoms with Crippen LogP contribution in [0.4, 0.5) is 0 Å². The van der Waals surface area contributed by atoms with Crippen LogP contribution < -0.4 is 0 Å². The normalized spacial score (nSPS) is 21.5. The van der Waals surface area contributed by atoms with Crippen molar-refractivity contribution < 1.29 is 0 Å². The van der Waals surface area contributed by atoms with E-state index in [2.05, 4.69) is 32.9 Å². The molecular formula is C22H34. The topological polar surface area (TPSA) is 0 Å². The van der Waals surface area contributed by atoms with E-state index < -0.39 is 0 Å². The molecule has 0 N–H and O–H groups in total. The lowest BCUT2D eigenvalue weighted by molar-refractivity contribution is 0.432. The van der Waals surface area contributed by atoms with Gasteiger partial charge in [0.2, 0.25) is 0 Å². The standard InChI is InChI=1S/C22H34/c1-16(2)20-14-21(18-10-6-4-7-11-18)17(3)22(15-20)19-12-8-5-9-13-19/h14-16,18-19H,4-13H2,1-3H3. The van der Waals surface area contributed by atoms with Crippen molar-refractivity contribution in [2.45, 2.75) is 103 Å². The fourth-order valence-electron chi connectivity index (χ4n) is 4.79. The predicted molar refractivity (Wildman–Crippen MR) is 96.9 cm³/mol. The zero-order valence-electron chi connectivity index (χ0n) is 15.0. The van der Waals surface area contributed by atoms with Crippen LogP contribution in [0.1, 0.15) is 118 Å². The lowest BCUT2D eigenvalue weighted by Crippen LogP contribution is -2.12. The molecule has 22 heavy (non-hydrogen) atoms. The summed E-state index contributed by atoms with van der Waals surface area (Å²) in [7, 11) is 0. The Hall–Kier alpha value is -0.780. The first-order chi connectivity index (χ1) is 10.7. The summed E-state index contributed by atoms with van der Waals surface area (Å²) in [6.07, 6.45) is 14.4. The van der Waals surface area contributed by atoms with Crippen LogP contribution in [-0.2, 0) is 0 Å². The minimum atomic E-state index is 0.658. The Bertz CT molecular complexity index is 446. The molecule has 0 aliphatic heterocycles. The van der Waals surface area contributed by atoms with Gasteiger partial charge in [-0.25, -0.2) is 0 Å². The molecule has 0 aromatic heterocycles. The van der Waals surface area contributed by atoms with Crippen molar-refractivity contribution in [1.29, 1.82) is 0 Å². The molecule has 0 heteroatoms. The number of hydrogen-bond donors (Lipinski definition) is 0. The van der Waals surface area contributed by atoms with Gasteiger partial charge < -0.3 is 0 Å². The van der Waals surface area contributed by atoms with E-state index in [0.29, 0.717) is 5.92 Å². The van der Waals surface area contributed by atoms with Gasteiger partial charge in [0.15, 0.2) is 0 Å². The van der Waals surface area contributed by atoms with Gasteiger partial charge in [0.25, 0.3) is 0 Å². The lowest BCUT2D eigenvalue weighted by Gasteiger charge is -2.30. The molecule has 0 saturated heterocycles. The number of hydrogen-bond acceptors (Lipinski definition) is 0. The second kappa shape index (κ2) is 7.20. The van der Waals surface area contributed by atoms with Gasteiger partial charge in [-0.1, -0.05) is 64.5 Å². The van der Waals surface area contributed by atoms with E-state index in [1.54, 1.807) is 22.3 Å². The highest BCUT2D eigenvalue weighted by Gasteiger charge is 2.24. The highest BCUT2D eigenvalue weighted by Crippen LogP contribution is 2.41. The molecule has 2 aliphatic rings. The highest BCUT2D eigenvalue weighted by molar-refractivity contribution is 5.43. The Morgan fingerprint density at radius 1 is 0.727 bits per heavy atom. The van der Waals surface area contributed by atoms with Gasteiger partial charge in [-0.05, 0) is 72.6 Å². The van der Waals surface area contributed by atoms with Gasteiger partial charge in [-0.3, -0.25) is 0 Å². The lowest BCUT2D eigenvalue weighted by atomic mass is 9.75. The Morgan fingerprint density at radius 3 is 1.50 bits per heavy atom. The van der Waals surface area contributed by atoms with Crippen molar-refractivity contribution in [3.05, 3.63) is 34.4 Å². The molecule has 0 atom stereocenters. The van der Waals surface area contributed by atoms with Crippen molar-refractivity contribution in [3.63, 3.8) is 0 Å².